The van der Waals surface area contributed by atoms with E-state index in [-0.39, 0.29) is 28.8 Å². The van der Waals surface area contributed by atoms with Gasteiger partial charge in [-0.3, -0.25) is 4.79 Å². The summed E-state index contributed by atoms with van der Waals surface area (Å²) in [6.45, 7) is 0.0513. The van der Waals surface area contributed by atoms with Crippen molar-refractivity contribution in [2.24, 2.45) is 0 Å². The fourth-order valence-corrected chi connectivity index (χ4v) is 2.07. The topological polar surface area (TPSA) is 46.5 Å². The van der Waals surface area contributed by atoms with Crippen LogP contribution in [-0.2, 0) is 4.79 Å². The predicted molar refractivity (Wildman–Crippen MR) is 68.0 cm³/mol. The molecule has 0 amide bonds. The maximum absolute atomic E-state index is 11.4. The van der Waals surface area contributed by atoms with Crippen molar-refractivity contribution in [2.75, 3.05) is 6.61 Å². The first kappa shape index (κ1) is 14.6. The summed E-state index contributed by atoms with van der Waals surface area (Å²) in [7, 11) is 0. The summed E-state index contributed by atoms with van der Waals surface area (Å²) >= 11 is 17.4. The fraction of sp³-hybridized carbons (Fsp3) is 0.364. The maximum Gasteiger partial charge on any atom is 0.311 e. The zero-order chi connectivity index (χ0) is 12.8. The maximum atomic E-state index is 11.4. The van der Waals surface area contributed by atoms with Crippen LogP contribution in [0.15, 0.2) is 12.1 Å². The van der Waals surface area contributed by atoms with Crippen LogP contribution in [0.1, 0.15) is 19.3 Å². The molecule has 0 aliphatic heterocycles. The minimum atomic E-state index is -0.440. The third kappa shape index (κ3) is 4.72. The van der Waals surface area contributed by atoms with E-state index in [4.69, 9.17) is 44.6 Å². The van der Waals surface area contributed by atoms with Gasteiger partial charge in [-0.25, -0.2) is 0 Å². The first-order chi connectivity index (χ1) is 8.04. The lowest BCUT2D eigenvalue weighted by Crippen LogP contribution is -2.08. The molecule has 0 atom stereocenters. The van der Waals surface area contributed by atoms with Crippen LogP contribution < -0.4 is 4.74 Å². The second-order valence-electron chi connectivity index (χ2n) is 3.35. The molecule has 3 nitrogen and oxygen atoms in total. The summed E-state index contributed by atoms with van der Waals surface area (Å²) in [4.78, 5) is 11.4. The van der Waals surface area contributed by atoms with Gasteiger partial charge in [-0.2, -0.15) is 0 Å². The Morgan fingerprint density at radius 3 is 2.29 bits per heavy atom. The number of esters is 1. The number of halogens is 3. The SMILES string of the molecule is O=C(CCCCO)Oc1c(Cl)cc(Cl)cc1Cl. The summed E-state index contributed by atoms with van der Waals surface area (Å²) in [5.41, 5.74) is 0. The lowest BCUT2D eigenvalue weighted by Gasteiger charge is -2.08. The third-order valence-corrected chi connectivity index (χ3v) is 2.75. The van der Waals surface area contributed by atoms with Gasteiger partial charge in [0.2, 0.25) is 0 Å². The smallest absolute Gasteiger partial charge is 0.311 e. The molecule has 1 N–H and O–H groups in total. The fourth-order valence-electron chi connectivity index (χ4n) is 1.17. The van der Waals surface area contributed by atoms with Gasteiger partial charge in [0.05, 0.1) is 10.0 Å². The van der Waals surface area contributed by atoms with Crippen LogP contribution in [0.3, 0.4) is 0 Å². The molecular weight excluding hydrogens is 286 g/mol. The van der Waals surface area contributed by atoms with E-state index >= 15 is 0 Å². The van der Waals surface area contributed by atoms with Crippen LogP contribution in [-0.4, -0.2) is 17.7 Å². The van der Waals surface area contributed by atoms with E-state index in [0.29, 0.717) is 17.9 Å². The Labute approximate surface area is 114 Å². The van der Waals surface area contributed by atoms with Crippen molar-refractivity contribution in [3.63, 3.8) is 0 Å². The molecule has 1 aromatic carbocycles. The first-order valence-corrected chi connectivity index (χ1v) is 6.14. The van der Waals surface area contributed by atoms with Gasteiger partial charge in [0, 0.05) is 18.1 Å². The number of unbranched alkanes of at least 4 members (excludes halogenated alkanes) is 1. The number of ether oxygens (including phenoxy) is 1. The molecule has 1 rings (SSSR count). The minimum absolute atomic E-state index is 0.0513. The Hall–Kier alpha value is -0.480. The number of carbonyl (C=O) groups is 1. The molecule has 0 aliphatic carbocycles. The van der Waals surface area contributed by atoms with Crippen LogP contribution in [0.5, 0.6) is 5.75 Å². The number of aliphatic hydroxyl groups is 1. The molecule has 0 heterocycles. The van der Waals surface area contributed by atoms with Crippen LogP contribution in [0.2, 0.25) is 15.1 Å². The van der Waals surface area contributed by atoms with Gasteiger partial charge in [-0.05, 0) is 25.0 Å². The van der Waals surface area contributed by atoms with E-state index in [9.17, 15) is 4.79 Å². The standard InChI is InChI=1S/C11H11Cl3O3/c12-7-5-8(13)11(9(14)6-7)17-10(16)3-1-2-4-15/h5-6,15H,1-4H2. The molecule has 94 valence electrons. The Morgan fingerprint density at radius 1 is 1.18 bits per heavy atom. The molecular formula is C11H11Cl3O3. The average Bonchev–Trinajstić information content (AvgIpc) is 2.24. The lowest BCUT2D eigenvalue weighted by atomic mass is 10.2. The molecule has 0 bridgehead atoms. The third-order valence-electron chi connectivity index (χ3n) is 1.97. The number of benzene rings is 1. The normalized spacial score (nSPS) is 10.4. The van der Waals surface area contributed by atoms with Crippen molar-refractivity contribution in [3.8, 4) is 5.75 Å². The van der Waals surface area contributed by atoms with Crippen LogP contribution in [0.25, 0.3) is 0 Å². The Morgan fingerprint density at radius 2 is 1.76 bits per heavy atom. The van der Waals surface area contributed by atoms with Crippen molar-refractivity contribution >= 4 is 40.8 Å². The molecule has 0 fully saturated rings. The molecule has 6 heteroatoms. The Bertz CT molecular complexity index is 384. The van der Waals surface area contributed by atoms with E-state index in [0.717, 1.165) is 0 Å². The Kier molecular flexibility index (Phi) is 6.06. The minimum Gasteiger partial charge on any atom is -0.423 e. The van der Waals surface area contributed by atoms with E-state index < -0.39 is 5.97 Å². The molecule has 0 aliphatic rings. The first-order valence-electron chi connectivity index (χ1n) is 5.00. The van der Waals surface area contributed by atoms with E-state index in [1.165, 1.54) is 12.1 Å². The molecule has 0 radical (unpaired) electrons. The highest BCUT2D eigenvalue weighted by molar-refractivity contribution is 6.40. The van der Waals surface area contributed by atoms with Crippen LogP contribution >= 0.6 is 34.8 Å². The number of carbonyl (C=O) groups excluding carboxylic acids is 1. The summed E-state index contributed by atoms with van der Waals surface area (Å²) in [6.07, 6.45) is 1.31. The molecule has 0 unspecified atom stereocenters. The molecule has 17 heavy (non-hydrogen) atoms. The van der Waals surface area contributed by atoms with Crippen molar-refractivity contribution in [1.82, 2.24) is 0 Å². The van der Waals surface area contributed by atoms with Gasteiger partial charge in [-0.15, -0.1) is 0 Å². The lowest BCUT2D eigenvalue weighted by molar-refractivity contribution is -0.134. The number of rotatable bonds is 5. The van der Waals surface area contributed by atoms with Gasteiger partial charge in [-0.1, -0.05) is 34.8 Å². The van der Waals surface area contributed by atoms with E-state index in [1.807, 2.05) is 0 Å². The van der Waals surface area contributed by atoms with Crippen LogP contribution in [0, 0.1) is 0 Å². The summed E-state index contributed by atoms with van der Waals surface area (Å²) in [5.74, 6) is -0.323. The molecule has 0 saturated carbocycles. The summed E-state index contributed by atoms with van der Waals surface area (Å²) < 4.78 is 5.03. The monoisotopic (exact) mass is 296 g/mol. The predicted octanol–water partition coefficient (Wildman–Crippen LogP) is 3.71. The molecule has 1 aromatic rings. The average molecular weight is 298 g/mol. The largest absolute Gasteiger partial charge is 0.423 e. The zero-order valence-electron chi connectivity index (χ0n) is 8.88. The highest BCUT2D eigenvalue weighted by Crippen LogP contribution is 2.36. The highest BCUT2D eigenvalue weighted by atomic mass is 35.5. The van der Waals surface area contributed by atoms with E-state index in [1.54, 1.807) is 0 Å². The molecule has 0 saturated heterocycles. The zero-order valence-corrected chi connectivity index (χ0v) is 11.1. The van der Waals surface area contributed by atoms with Crippen molar-refractivity contribution in [3.05, 3.63) is 27.2 Å². The van der Waals surface area contributed by atoms with Crippen molar-refractivity contribution in [2.45, 2.75) is 19.3 Å². The summed E-state index contributed by atoms with van der Waals surface area (Å²) in [5, 5.41) is 9.34. The van der Waals surface area contributed by atoms with Gasteiger partial charge < -0.3 is 9.84 Å². The van der Waals surface area contributed by atoms with Crippen molar-refractivity contribution in [1.29, 1.82) is 0 Å². The Balaban J connectivity index is 2.65. The quantitative estimate of drug-likeness (QED) is 0.512. The molecule has 0 spiro atoms. The highest BCUT2D eigenvalue weighted by Gasteiger charge is 2.13. The summed E-state index contributed by atoms with van der Waals surface area (Å²) in [6, 6.07) is 2.90. The molecule has 0 aromatic heterocycles. The van der Waals surface area contributed by atoms with Crippen molar-refractivity contribution < 1.29 is 14.6 Å². The van der Waals surface area contributed by atoms with Gasteiger partial charge in [0.25, 0.3) is 0 Å². The van der Waals surface area contributed by atoms with Gasteiger partial charge in [0.15, 0.2) is 5.75 Å². The second kappa shape index (κ2) is 7.07. The number of hydrogen-bond donors (Lipinski definition) is 1. The van der Waals surface area contributed by atoms with Crippen LogP contribution in [0.4, 0.5) is 0 Å². The van der Waals surface area contributed by atoms with E-state index in [2.05, 4.69) is 0 Å². The van der Waals surface area contributed by atoms with Gasteiger partial charge >= 0.3 is 5.97 Å². The number of hydrogen-bond acceptors (Lipinski definition) is 3. The number of aliphatic hydroxyl groups excluding tert-OH is 1. The second-order valence-corrected chi connectivity index (χ2v) is 4.60. The van der Waals surface area contributed by atoms with Gasteiger partial charge in [0.1, 0.15) is 0 Å².